The van der Waals surface area contributed by atoms with Gasteiger partial charge in [-0.1, -0.05) is 17.3 Å². The second-order valence-electron chi connectivity index (χ2n) is 4.42. The molecule has 0 aliphatic carbocycles. The molecule has 3 rings (SSSR count). The minimum Gasteiger partial charge on any atom is -0.481 e. The Kier molecular flexibility index (Phi) is 3.12. The third-order valence-electron chi connectivity index (χ3n) is 3.04. The summed E-state index contributed by atoms with van der Waals surface area (Å²) in [5, 5.41) is 18.8. The van der Waals surface area contributed by atoms with Gasteiger partial charge in [0.25, 0.3) is 0 Å². The number of carbonyl (C=O) groups is 1. The highest BCUT2D eigenvalue weighted by Gasteiger charge is 2.07. The van der Waals surface area contributed by atoms with Crippen molar-refractivity contribution in [2.24, 2.45) is 0 Å². The number of nitrogens with zero attached hydrogens (tertiary/aromatic N) is 4. The van der Waals surface area contributed by atoms with Crippen LogP contribution >= 0.6 is 0 Å². The minimum atomic E-state index is -0.839. The van der Waals surface area contributed by atoms with Gasteiger partial charge < -0.3 is 5.11 Å². The zero-order valence-corrected chi connectivity index (χ0v) is 10.6. The largest absolute Gasteiger partial charge is 0.481 e. The normalized spacial score (nSPS) is 10.8. The van der Waals surface area contributed by atoms with Crippen molar-refractivity contribution >= 4 is 16.7 Å². The molecule has 2 aromatic heterocycles. The van der Waals surface area contributed by atoms with Crippen LogP contribution in [0.5, 0.6) is 0 Å². The third kappa shape index (κ3) is 2.35. The average molecular weight is 268 g/mol. The number of benzene rings is 1. The number of aryl methyl sites for hydroxylation is 1. The van der Waals surface area contributed by atoms with Crippen LogP contribution in [-0.4, -0.2) is 31.1 Å². The summed E-state index contributed by atoms with van der Waals surface area (Å²) in [5.41, 5.74) is 1.54. The van der Waals surface area contributed by atoms with Crippen molar-refractivity contribution in [2.75, 3.05) is 0 Å². The molecule has 1 N–H and O–H groups in total. The summed E-state index contributed by atoms with van der Waals surface area (Å²) < 4.78 is 1.65. The number of carboxylic acid groups (broad SMARTS) is 1. The molecule has 20 heavy (non-hydrogen) atoms. The van der Waals surface area contributed by atoms with Gasteiger partial charge in [0.1, 0.15) is 0 Å². The predicted octanol–water partition coefficient (Wildman–Crippen LogP) is 1.83. The summed E-state index contributed by atoms with van der Waals surface area (Å²) in [7, 11) is 0. The van der Waals surface area contributed by atoms with E-state index < -0.39 is 5.97 Å². The van der Waals surface area contributed by atoms with E-state index in [2.05, 4.69) is 15.3 Å². The van der Waals surface area contributed by atoms with Gasteiger partial charge in [0, 0.05) is 24.2 Å². The van der Waals surface area contributed by atoms with Gasteiger partial charge in [-0.3, -0.25) is 9.78 Å². The second kappa shape index (κ2) is 5.08. The number of fused-ring (bicyclic) bond motifs is 1. The van der Waals surface area contributed by atoms with E-state index in [-0.39, 0.29) is 6.42 Å². The average Bonchev–Trinajstić information content (AvgIpc) is 2.93. The maximum absolute atomic E-state index is 10.6. The van der Waals surface area contributed by atoms with Gasteiger partial charge in [-0.05, 0) is 17.5 Å². The summed E-state index contributed by atoms with van der Waals surface area (Å²) in [5.74, 6) is -0.839. The molecule has 6 nitrogen and oxygen atoms in total. The fourth-order valence-corrected chi connectivity index (χ4v) is 2.06. The molecule has 0 radical (unpaired) electrons. The highest BCUT2D eigenvalue weighted by atomic mass is 16.4. The van der Waals surface area contributed by atoms with E-state index in [1.54, 1.807) is 23.3 Å². The number of hydrogen-bond acceptors (Lipinski definition) is 4. The lowest BCUT2D eigenvalue weighted by atomic mass is 10.1. The van der Waals surface area contributed by atoms with Crippen molar-refractivity contribution in [3.05, 3.63) is 48.5 Å². The minimum absolute atomic E-state index is 0.0514. The first-order chi connectivity index (χ1) is 9.74. The first kappa shape index (κ1) is 12.3. The standard InChI is InChI=1S/C14H12N4O2/c19-14(20)5-4-11-9-18(17-16-11)13-3-1-2-10-6-7-15-8-12(10)13/h1-3,6-9H,4-5H2,(H,19,20). The molecule has 0 aliphatic heterocycles. The smallest absolute Gasteiger partial charge is 0.303 e. The second-order valence-corrected chi connectivity index (χ2v) is 4.42. The maximum atomic E-state index is 10.6. The van der Waals surface area contributed by atoms with Crippen molar-refractivity contribution in [3.8, 4) is 5.69 Å². The van der Waals surface area contributed by atoms with E-state index in [4.69, 9.17) is 5.11 Å². The fraction of sp³-hybridized carbons (Fsp3) is 0.143. The Morgan fingerprint density at radius 2 is 2.20 bits per heavy atom. The predicted molar refractivity (Wildman–Crippen MR) is 72.6 cm³/mol. The van der Waals surface area contributed by atoms with Gasteiger partial charge >= 0.3 is 5.97 Å². The van der Waals surface area contributed by atoms with E-state index in [0.717, 1.165) is 16.5 Å². The Labute approximate surface area is 114 Å². The molecule has 6 heteroatoms. The molecule has 100 valence electrons. The zero-order chi connectivity index (χ0) is 13.9. The van der Waals surface area contributed by atoms with E-state index >= 15 is 0 Å². The molecule has 3 aromatic rings. The van der Waals surface area contributed by atoms with Crippen LogP contribution < -0.4 is 0 Å². The molecular formula is C14H12N4O2. The van der Waals surface area contributed by atoms with Crippen molar-refractivity contribution in [1.29, 1.82) is 0 Å². The van der Waals surface area contributed by atoms with Crippen LogP contribution in [0.25, 0.3) is 16.5 Å². The van der Waals surface area contributed by atoms with Crippen molar-refractivity contribution in [3.63, 3.8) is 0 Å². The summed E-state index contributed by atoms with van der Waals surface area (Å²) >= 11 is 0. The SMILES string of the molecule is O=C(O)CCc1cn(-c2cccc3ccncc23)nn1. The summed E-state index contributed by atoms with van der Waals surface area (Å²) in [6, 6.07) is 7.81. The van der Waals surface area contributed by atoms with Crippen molar-refractivity contribution in [1.82, 2.24) is 20.0 Å². The van der Waals surface area contributed by atoms with Crippen LogP contribution in [0.15, 0.2) is 42.9 Å². The molecule has 2 heterocycles. The molecule has 0 saturated heterocycles. The van der Waals surface area contributed by atoms with E-state index in [9.17, 15) is 4.79 Å². The lowest BCUT2D eigenvalue weighted by Crippen LogP contribution is -1.97. The van der Waals surface area contributed by atoms with Crippen molar-refractivity contribution < 1.29 is 9.90 Å². The molecule has 1 aromatic carbocycles. The van der Waals surface area contributed by atoms with E-state index in [1.165, 1.54) is 0 Å². The van der Waals surface area contributed by atoms with Crippen LogP contribution in [0, 0.1) is 0 Å². The maximum Gasteiger partial charge on any atom is 0.303 e. The number of pyridine rings is 1. The molecule has 0 bridgehead atoms. The highest BCUT2D eigenvalue weighted by Crippen LogP contribution is 2.20. The Balaban J connectivity index is 1.97. The van der Waals surface area contributed by atoms with Crippen molar-refractivity contribution in [2.45, 2.75) is 12.8 Å². The Morgan fingerprint density at radius 1 is 1.30 bits per heavy atom. The van der Waals surface area contributed by atoms with Gasteiger partial charge in [-0.15, -0.1) is 5.10 Å². The number of rotatable bonds is 4. The van der Waals surface area contributed by atoms with Crippen LogP contribution in [0.4, 0.5) is 0 Å². The van der Waals surface area contributed by atoms with Gasteiger partial charge in [-0.2, -0.15) is 0 Å². The Morgan fingerprint density at radius 3 is 3.05 bits per heavy atom. The molecule has 0 fully saturated rings. The van der Waals surface area contributed by atoms with Crippen LogP contribution in [0.1, 0.15) is 12.1 Å². The van der Waals surface area contributed by atoms with Gasteiger partial charge in [-0.25, -0.2) is 4.68 Å². The number of hydrogen-bond donors (Lipinski definition) is 1. The Hall–Kier alpha value is -2.76. The Bertz CT molecular complexity index is 761. The summed E-state index contributed by atoms with van der Waals surface area (Å²) in [6.45, 7) is 0. The first-order valence-electron chi connectivity index (χ1n) is 6.20. The summed E-state index contributed by atoms with van der Waals surface area (Å²) in [4.78, 5) is 14.7. The quantitative estimate of drug-likeness (QED) is 0.780. The number of aliphatic carboxylic acids is 1. The van der Waals surface area contributed by atoms with Gasteiger partial charge in [0.2, 0.25) is 0 Å². The van der Waals surface area contributed by atoms with Crippen LogP contribution in [0.2, 0.25) is 0 Å². The van der Waals surface area contributed by atoms with Gasteiger partial charge in [0.05, 0.1) is 24.0 Å². The monoisotopic (exact) mass is 268 g/mol. The molecular weight excluding hydrogens is 256 g/mol. The lowest BCUT2D eigenvalue weighted by molar-refractivity contribution is -0.136. The number of aromatic nitrogens is 4. The molecule has 0 unspecified atom stereocenters. The van der Waals surface area contributed by atoms with Crippen LogP contribution in [0.3, 0.4) is 0 Å². The van der Waals surface area contributed by atoms with E-state index in [0.29, 0.717) is 12.1 Å². The van der Waals surface area contributed by atoms with Gasteiger partial charge in [0.15, 0.2) is 0 Å². The first-order valence-corrected chi connectivity index (χ1v) is 6.20. The third-order valence-corrected chi connectivity index (χ3v) is 3.04. The topological polar surface area (TPSA) is 80.9 Å². The molecule has 0 spiro atoms. The molecule has 0 aliphatic rings. The molecule has 0 atom stereocenters. The highest BCUT2D eigenvalue weighted by molar-refractivity contribution is 5.89. The number of carboxylic acids is 1. The van der Waals surface area contributed by atoms with Crippen LogP contribution in [-0.2, 0) is 11.2 Å². The molecule has 0 saturated carbocycles. The molecule has 0 amide bonds. The van der Waals surface area contributed by atoms with E-state index in [1.807, 2.05) is 24.3 Å². The summed E-state index contributed by atoms with van der Waals surface area (Å²) in [6.07, 6.45) is 5.70. The zero-order valence-electron chi connectivity index (χ0n) is 10.6. The lowest BCUT2D eigenvalue weighted by Gasteiger charge is -2.04. The fourth-order valence-electron chi connectivity index (χ4n) is 2.06.